The van der Waals surface area contributed by atoms with Gasteiger partial charge in [0.05, 0.1) is 23.8 Å². The maximum atomic E-state index is 13.8. The van der Waals surface area contributed by atoms with Gasteiger partial charge >= 0.3 is 6.03 Å². The summed E-state index contributed by atoms with van der Waals surface area (Å²) >= 11 is 12.0. The summed E-state index contributed by atoms with van der Waals surface area (Å²) in [4.78, 5) is 16.5. The number of hydrogen-bond donors (Lipinski definition) is 2. The standard InChI is InChI=1S/C19H23Cl2FN8O2/c20-15-2-1-14(7-16(15)22)30-17(25-11-26-30)8-23-19(31)24-9-18-28(21)12-27-29(18)10-13-3-5-32-6-4-13/h1-2,7,11-13,18H,3-6,8-10H2,(H2,23,24,31). The number of carbonyl (C=O) groups is 1. The Morgan fingerprint density at radius 3 is 2.88 bits per heavy atom. The number of nitrogens with one attached hydrogen (secondary N) is 2. The number of aromatic nitrogens is 3. The van der Waals surface area contributed by atoms with E-state index >= 15 is 0 Å². The molecule has 2 aliphatic rings. The monoisotopic (exact) mass is 484 g/mol. The molecule has 2 amide bonds. The summed E-state index contributed by atoms with van der Waals surface area (Å²) in [6, 6.07) is 3.91. The van der Waals surface area contributed by atoms with E-state index in [1.54, 1.807) is 12.4 Å². The summed E-state index contributed by atoms with van der Waals surface area (Å²) in [5.74, 6) is 0.349. The summed E-state index contributed by atoms with van der Waals surface area (Å²) in [6.07, 6.45) is 4.54. The van der Waals surface area contributed by atoms with Crippen molar-refractivity contribution in [3.8, 4) is 5.69 Å². The van der Waals surface area contributed by atoms with E-state index in [0.717, 1.165) is 32.6 Å². The van der Waals surface area contributed by atoms with Crippen LogP contribution in [0.2, 0.25) is 5.02 Å². The zero-order chi connectivity index (χ0) is 22.5. The Morgan fingerprint density at radius 1 is 1.28 bits per heavy atom. The molecule has 172 valence electrons. The van der Waals surface area contributed by atoms with Crippen molar-refractivity contribution in [1.29, 1.82) is 0 Å². The van der Waals surface area contributed by atoms with Gasteiger partial charge in [0.2, 0.25) is 0 Å². The molecule has 13 heteroatoms. The molecule has 0 radical (unpaired) electrons. The van der Waals surface area contributed by atoms with E-state index in [1.165, 1.54) is 27.6 Å². The molecule has 3 heterocycles. The summed E-state index contributed by atoms with van der Waals surface area (Å²) in [7, 11) is 0. The number of urea groups is 1. The van der Waals surface area contributed by atoms with E-state index < -0.39 is 11.8 Å². The van der Waals surface area contributed by atoms with Crippen LogP contribution in [0.15, 0.2) is 29.6 Å². The van der Waals surface area contributed by atoms with E-state index in [9.17, 15) is 9.18 Å². The first-order chi connectivity index (χ1) is 15.5. The predicted octanol–water partition coefficient (Wildman–Crippen LogP) is 2.33. The number of hydrogen-bond acceptors (Lipinski definition) is 7. The zero-order valence-electron chi connectivity index (χ0n) is 17.1. The molecule has 0 saturated carbocycles. The van der Waals surface area contributed by atoms with E-state index in [4.69, 9.17) is 28.1 Å². The van der Waals surface area contributed by atoms with Gasteiger partial charge in [-0.05, 0) is 30.9 Å². The number of halogens is 3. The lowest BCUT2D eigenvalue weighted by Gasteiger charge is -2.31. The van der Waals surface area contributed by atoms with Gasteiger partial charge in [-0.2, -0.15) is 10.2 Å². The minimum atomic E-state index is -0.564. The maximum Gasteiger partial charge on any atom is 0.315 e. The van der Waals surface area contributed by atoms with Crippen molar-refractivity contribution in [3.63, 3.8) is 0 Å². The van der Waals surface area contributed by atoms with Gasteiger partial charge in [-0.3, -0.25) is 5.01 Å². The second-order valence-electron chi connectivity index (χ2n) is 7.48. The zero-order valence-corrected chi connectivity index (χ0v) is 18.6. The van der Waals surface area contributed by atoms with Crippen LogP contribution in [0.3, 0.4) is 0 Å². The van der Waals surface area contributed by atoms with Gasteiger partial charge in [-0.15, -0.1) is 0 Å². The Hall–Kier alpha value is -2.63. The fourth-order valence-corrected chi connectivity index (χ4v) is 3.90. The first kappa shape index (κ1) is 22.6. The molecule has 2 aromatic rings. The fraction of sp³-hybridized carbons (Fsp3) is 0.474. The smallest absolute Gasteiger partial charge is 0.315 e. The SMILES string of the molecule is O=C(NCc1ncnn1-c1ccc(Cl)c(F)c1)NCC1N(Cl)C=NN1CC1CCOCC1. The van der Waals surface area contributed by atoms with Crippen LogP contribution in [0.4, 0.5) is 9.18 Å². The predicted molar refractivity (Wildman–Crippen MR) is 117 cm³/mol. The highest BCUT2D eigenvalue weighted by molar-refractivity contribution is 6.30. The van der Waals surface area contributed by atoms with Crippen LogP contribution < -0.4 is 10.6 Å². The summed E-state index contributed by atoms with van der Waals surface area (Å²) in [5, 5.41) is 15.9. The second kappa shape index (κ2) is 10.3. The average molecular weight is 485 g/mol. The first-order valence-corrected chi connectivity index (χ1v) is 10.9. The van der Waals surface area contributed by atoms with Crippen molar-refractivity contribution < 1.29 is 13.9 Å². The van der Waals surface area contributed by atoms with Crippen molar-refractivity contribution in [2.24, 2.45) is 11.0 Å². The van der Waals surface area contributed by atoms with E-state index in [-0.39, 0.29) is 24.3 Å². The van der Waals surface area contributed by atoms with E-state index in [1.807, 2.05) is 5.01 Å². The van der Waals surface area contributed by atoms with Crippen molar-refractivity contribution >= 4 is 35.7 Å². The molecule has 1 saturated heterocycles. The van der Waals surface area contributed by atoms with Crippen molar-refractivity contribution in [2.45, 2.75) is 25.6 Å². The quantitative estimate of drug-likeness (QED) is 0.585. The normalized spacial score (nSPS) is 18.9. The molecule has 0 spiro atoms. The Balaban J connectivity index is 1.28. The van der Waals surface area contributed by atoms with Gasteiger partial charge in [0.15, 0.2) is 12.0 Å². The number of carbonyl (C=O) groups excluding carboxylic acids is 1. The van der Waals surface area contributed by atoms with Gasteiger partial charge in [0.25, 0.3) is 0 Å². The minimum absolute atomic E-state index is 0.0167. The highest BCUT2D eigenvalue weighted by Gasteiger charge is 2.30. The minimum Gasteiger partial charge on any atom is -0.381 e. The third-order valence-corrected chi connectivity index (χ3v) is 5.96. The largest absolute Gasteiger partial charge is 0.381 e. The second-order valence-corrected chi connectivity index (χ2v) is 8.28. The molecule has 2 aliphatic heterocycles. The summed E-state index contributed by atoms with van der Waals surface area (Å²) in [6.45, 7) is 2.62. The van der Waals surface area contributed by atoms with Crippen molar-refractivity contribution in [3.05, 3.63) is 41.2 Å². The molecule has 1 aromatic heterocycles. The lowest BCUT2D eigenvalue weighted by molar-refractivity contribution is 0.0433. The highest BCUT2D eigenvalue weighted by atomic mass is 35.5. The van der Waals surface area contributed by atoms with Crippen molar-refractivity contribution in [1.82, 2.24) is 34.8 Å². The third-order valence-electron chi connectivity index (χ3n) is 5.34. The number of hydrazone groups is 1. The van der Waals surface area contributed by atoms with Crippen LogP contribution in [0.25, 0.3) is 5.69 Å². The summed E-state index contributed by atoms with van der Waals surface area (Å²) < 4.78 is 22.1. The van der Waals surface area contributed by atoms with Gasteiger partial charge in [-0.25, -0.2) is 23.3 Å². The average Bonchev–Trinajstić information content (AvgIpc) is 3.40. The van der Waals surface area contributed by atoms with Gasteiger partial charge in [0, 0.05) is 37.6 Å². The van der Waals surface area contributed by atoms with Crippen LogP contribution in [0, 0.1) is 11.7 Å². The Bertz CT molecular complexity index is 969. The molecule has 2 N–H and O–H groups in total. The number of nitrogens with zero attached hydrogens (tertiary/aromatic N) is 6. The lowest BCUT2D eigenvalue weighted by atomic mass is 10.0. The maximum absolute atomic E-state index is 13.8. The molecule has 1 aromatic carbocycles. The molecule has 1 atom stereocenters. The van der Waals surface area contributed by atoms with Crippen molar-refractivity contribution in [2.75, 3.05) is 26.3 Å². The Morgan fingerprint density at radius 2 is 2.09 bits per heavy atom. The molecule has 1 fully saturated rings. The molecular weight excluding hydrogens is 462 g/mol. The number of benzene rings is 1. The fourth-order valence-electron chi connectivity index (χ4n) is 3.58. The van der Waals surface area contributed by atoms with Crippen LogP contribution in [0.5, 0.6) is 0 Å². The van der Waals surface area contributed by atoms with Gasteiger partial charge in [0.1, 0.15) is 18.5 Å². The van der Waals surface area contributed by atoms with Crippen LogP contribution >= 0.6 is 23.4 Å². The van der Waals surface area contributed by atoms with E-state index in [2.05, 4.69) is 25.8 Å². The number of rotatable bonds is 7. The molecule has 10 nitrogen and oxygen atoms in total. The topological polar surface area (TPSA) is 99.9 Å². The van der Waals surface area contributed by atoms with Crippen LogP contribution in [0.1, 0.15) is 18.7 Å². The first-order valence-electron chi connectivity index (χ1n) is 10.2. The van der Waals surface area contributed by atoms with Crippen LogP contribution in [-0.4, -0.2) is 69.0 Å². The molecule has 32 heavy (non-hydrogen) atoms. The van der Waals surface area contributed by atoms with Crippen LogP contribution in [-0.2, 0) is 11.3 Å². The lowest BCUT2D eigenvalue weighted by Crippen LogP contribution is -2.48. The molecular formula is C19H23Cl2FN8O2. The Kier molecular flexibility index (Phi) is 7.28. The molecule has 0 bridgehead atoms. The van der Waals surface area contributed by atoms with Gasteiger partial charge < -0.3 is 15.4 Å². The Labute approximate surface area is 194 Å². The number of ether oxygens (including phenoxy) is 1. The third kappa shape index (κ3) is 5.40. The van der Waals surface area contributed by atoms with Gasteiger partial charge in [-0.1, -0.05) is 11.6 Å². The number of amides is 2. The highest BCUT2D eigenvalue weighted by Crippen LogP contribution is 2.22. The van der Waals surface area contributed by atoms with E-state index in [0.29, 0.717) is 17.4 Å². The summed E-state index contributed by atoms with van der Waals surface area (Å²) in [5.41, 5.74) is 0.450. The molecule has 0 aliphatic carbocycles. The molecule has 4 rings (SSSR count). The molecule has 1 unspecified atom stereocenters.